The second-order valence-electron chi connectivity index (χ2n) is 9.38. The van der Waals surface area contributed by atoms with Gasteiger partial charge in [0.25, 0.3) is 0 Å². The third-order valence-corrected chi connectivity index (χ3v) is 6.00. The van der Waals surface area contributed by atoms with Gasteiger partial charge in [0.1, 0.15) is 17.8 Å². The quantitative estimate of drug-likeness (QED) is 0.280. The molecule has 0 spiro atoms. The van der Waals surface area contributed by atoms with E-state index in [1.54, 1.807) is 24.3 Å². The van der Waals surface area contributed by atoms with Gasteiger partial charge >= 0.3 is 12.0 Å². The average molecular weight is 509 g/mol. The third kappa shape index (κ3) is 10.4. The first-order chi connectivity index (χ1) is 17.2. The summed E-state index contributed by atoms with van der Waals surface area (Å²) in [5.74, 6) is -0.928. The van der Waals surface area contributed by atoms with Gasteiger partial charge in [0.2, 0.25) is 5.91 Å². The number of aliphatic carboxylic acids is 1. The Morgan fingerprint density at radius 2 is 1.92 bits per heavy atom. The summed E-state index contributed by atoms with van der Waals surface area (Å²) >= 11 is 0. The van der Waals surface area contributed by atoms with E-state index in [4.69, 9.17) is 15.2 Å². The topological polar surface area (TPSA) is 172 Å². The number of nitrogens with two attached hydrogens (primary N) is 1. The lowest BCUT2D eigenvalue weighted by Crippen LogP contribution is -2.56. The predicted octanol–water partition coefficient (Wildman–Crippen LogP) is 0.780. The molecule has 0 saturated carbocycles. The number of aliphatic hydroxyl groups is 1. The number of urea groups is 1. The zero-order valence-corrected chi connectivity index (χ0v) is 21.1. The SMILES string of the molecule is CC(C)[C@H]1COC[C@@H](O)CCOc2ccc(cc2)C[C@@H](NC(=O)NC(CCCCN)C(=O)O)C(=O)N1. The second-order valence-corrected chi connectivity index (χ2v) is 9.38. The Kier molecular flexibility index (Phi) is 12.4. The van der Waals surface area contributed by atoms with Crippen molar-refractivity contribution < 1.29 is 34.1 Å². The molecule has 11 heteroatoms. The van der Waals surface area contributed by atoms with Gasteiger partial charge in [0.15, 0.2) is 0 Å². The van der Waals surface area contributed by atoms with E-state index in [2.05, 4.69) is 16.0 Å². The van der Waals surface area contributed by atoms with Gasteiger partial charge in [0.05, 0.1) is 32.0 Å². The van der Waals surface area contributed by atoms with Crippen LogP contribution in [0.5, 0.6) is 5.75 Å². The van der Waals surface area contributed by atoms with Gasteiger partial charge < -0.3 is 41.4 Å². The van der Waals surface area contributed by atoms with E-state index in [9.17, 15) is 24.6 Å². The molecule has 0 fully saturated rings. The number of carboxylic acid groups (broad SMARTS) is 1. The highest BCUT2D eigenvalue weighted by molar-refractivity contribution is 5.89. The first kappa shape index (κ1) is 29.3. The summed E-state index contributed by atoms with van der Waals surface area (Å²) in [6, 6.07) is 3.96. The average Bonchev–Trinajstić information content (AvgIpc) is 2.82. The number of carbonyl (C=O) groups excluding carboxylic acids is 2. The summed E-state index contributed by atoms with van der Waals surface area (Å²) in [4.78, 5) is 37.5. The Labute approximate surface area is 212 Å². The first-order valence-electron chi connectivity index (χ1n) is 12.5. The molecule has 2 aliphatic heterocycles. The fraction of sp³-hybridized carbons (Fsp3) is 0.640. The van der Waals surface area contributed by atoms with E-state index in [1.165, 1.54) is 0 Å². The number of carboxylic acids is 1. The van der Waals surface area contributed by atoms with Crippen molar-refractivity contribution in [3.8, 4) is 5.75 Å². The molecule has 2 heterocycles. The van der Waals surface area contributed by atoms with Crippen molar-refractivity contribution in [2.75, 3.05) is 26.4 Å². The van der Waals surface area contributed by atoms with Crippen molar-refractivity contribution in [1.29, 1.82) is 0 Å². The Morgan fingerprint density at radius 1 is 1.19 bits per heavy atom. The van der Waals surface area contributed by atoms with E-state index >= 15 is 0 Å². The number of rotatable bonds is 8. The van der Waals surface area contributed by atoms with E-state index in [1.807, 2.05) is 13.8 Å². The van der Waals surface area contributed by atoms with Gasteiger partial charge in [0, 0.05) is 12.8 Å². The van der Waals surface area contributed by atoms with Crippen LogP contribution in [0.25, 0.3) is 0 Å². The molecule has 3 rings (SSSR count). The zero-order chi connectivity index (χ0) is 26.5. The van der Waals surface area contributed by atoms with Crippen LogP contribution in [0.2, 0.25) is 0 Å². The largest absolute Gasteiger partial charge is 0.493 e. The molecule has 2 bridgehead atoms. The Bertz CT molecular complexity index is 834. The van der Waals surface area contributed by atoms with Crippen LogP contribution < -0.4 is 26.4 Å². The summed E-state index contributed by atoms with van der Waals surface area (Å²) in [5, 5.41) is 27.6. The van der Waals surface area contributed by atoms with Crippen LogP contribution in [-0.4, -0.2) is 78.7 Å². The maximum atomic E-state index is 13.2. The van der Waals surface area contributed by atoms with Gasteiger partial charge in [-0.15, -0.1) is 0 Å². The molecule has 0 saturated heterocycles. The van der Waals surface area contributed by atoms with Crippen LogP contribution >= 0.6 is 0 Å². The van der Waals surface area contributed by atoms with Gasteiger partial charge in [-0.3, -0.25) is 4.79 Å². The molecule has 1 aromatic carbocycles. The summed E-state index contributed by atoms with van der Waals surface area (Å²) in [5.41, 5.74) is 6.25. The molecule has 3 amide bonds. The Hall–Kier alpha value is -2.89. The van der Waals surface area contributed by atoms with E-state index in [-0.39, 0.29) is 38.0 Å². The fourth-order valence-corrected chi connectivity index (χ4v) is 3.69. The number of aliphatic hydroxyl groups excluding tert-OH is 1. The molecular weight excluding hydrogens is 468 g/mol. The van der Waals surface area contributed by atoms with Gasteiger partial charge in [-0.1, -0.05) is 26.0 Å². The number of ether oxygens (including phenoxy) is 2. The van der Waals surface area contributed by atoms with Gasteiger partial charge in [-0.2, -0.15) is 0 Å². The lowest BCUT2D eigenvalue weighted by atomic mass is 10.0. The number of unbranched alkanes of at least 4 members (excludes halogenated alkanes) is 1. The van der Waals surface area contributed by atoms with Crippen LogP contribution in [0.4, 0.5) is 4.79 Å². The molecule has 36 heavy (non-hydrogen) atoms. The number of nitrogens with one attached hydrogen (secondary N) is 3. The van der Waals surface area contributed by atoms with E-state index in [0.717, 1.165) is 5.56 Å². The van der Waals surface area contributed by atoms with Crippen molar-refractivity contribution in [3.05, 3.63) is 29.8 Å². The van der Waals surface area contributed by atoms with Gasteiger partial charge in [-0.25, -0.2) is 9.59 Å². The molecule has 1 aromatic rings. The number of carbonyl (C=O) groups is 3. The van der Waals surface area contributed by atoms with Crippen molar-refractivity contribution in [2.45, 2.75) is 70.2 Å². The highest BCUT2D eigenvalue weighted by Crippen LogP contribution is 2.15. The summed E-state index contributed by atoms with van der Waals surface area (Å²) in [7, 11) is 0. The van der Waals surface area contributed by atoms with Crippen molar-refractivity contribution in [1.82, 2.24) is 16.0 Å². The number of amides is 3. The van der Waals surface area contributed by atoms with Crippen LogP contribution in [-0.2, 0) is 20.7 Å². The van der Waals surface area contributed by atoms with Crippen LogP contribution in [0.1, 0.15) is 45.1 Å². The van der Waals surface area contributed by atoms with Crippen molar-refractivity contribution in [2.24, 2.45) is 11.7 Å². The summed E-state index contributed by atoms with van der Waals surface area (Å²) in [6.45, 7) is 4.93. The smallest absolute Gasteiger partial charge is 0.326 e. The standard InChI is InChI=1S/C25H40N4O7/c1-16(2)22-15-35-14-18(30)10-12-36-19-8-6-17(7-9-19)13-21(23(31)27-22)29-25(34)28-20(24(32)33)5-3-4-11-26/h6-9,16,18,20-22,30H,3-5,10-15,26H2,1-2H3,(H,27,31)(H,32,33)(H2,28,29,34)/t18-,20?,21+,22+/m0/s1. The minimum Gasteiger partial charge on any atom is -0.493 e. The van der Waals surface area contributed by atoms with E-state index < -0.39 is 36.1 Å². The zero-order valence-electron chi connectivity index (χ0n) is 21.1. The lowest BCUT2D eigenvalue weighted by Gasteiger charge is -2.27. The number of benzene rings is 1. The highest BCUT2D eigenvalue weighted by Gasteiger charge is 2.27. The number of fused-ring (bicyclic) bond motifs is 13. The third-order valence-electron chi connectivity index (χ3n) is 6.00. The highest BCUT2D eigenvalue weighted by atomic mass is 16.5. The maximum absolute atomic E-state index is 13.2. The normalized spacial score (nSPS) is 22.4. The van der Waals surface area contributed by atoms with Crippen molar-refractivity contribution >= 4 is 17.9 Å². The van der Waals surface area contributed by atoms with Crippen molar-refractivity contribution in [3.63, 3.8) is 0 Å². The first-order valence-corrected chi connectivity index (χ1v) is 12.5. The Balaban J connectivity index is 2.19. The molecule has 2 aliphatic rings. The number of hydrogen-bond acceptors (Lipinski definition) is 7. The van der Waals surface area contributed by atoms with E-state index in [0.29, 0.717) is 38.2 Å². The lowest BCUT2D eigenvalue weighted by molar-refractivity contribution is -0.139. The minimum absolute atomic E-state index is 0.0287. The second kappa shape index (κ2) is 15.3. The number of hydrogen-bond donors (Lipinski definition) is 6. The maximum Gasteiger partial charge on any atom is 0.326 e. The molecule has 4 atom stereocenters. The monoisotopic (exact) mass is 508 g/mol. The fourth-order valence-electron chi connectivity index (χ4n) is 3.69. The molecule has 0 aromatic heterocycles. The molecular formula is C25H40N4O7. The molecule has 1 unspecified atom stereocenters. The van der Waals surface area contributed by atoms with Gasteiger partial charge in [-0.05, 0) is 49.4 Å². The van der Waals surface area contributed by atoms with Crippen LogP contribution in [0, 0.1) is 5.92 Å². The summed E-state index contributed by atoms with van der Waals surface area (Å²) in [6.07, 6.45) is 1.33. The molecule has 202 valence electrons. The molecule has 11 nitrogen and oxygen atoms in total. The Morgan fingerprint density at radius 3 is 2.56 bits per heavy atom. The van der Waals surface area contributed by atoms with Crippen LogP contribution in [0.3, 0.4) is 0 Å². The van der Waals surface area contributed by atoms with Crippen LogP contribution in [0.15, 0.2) is 24.3 Å². The minimum atomic E-state index is -1.15. The molecule has 0 radical (unpaired) electrons. The molecule has 7 N–H and O–H groups in total. The molecule has 0 aliphatic carbocycles. The predicted molar refractivity (Wildman–Crippen MR) is 134 cm³/mol. The summed E-state index contributed by atoms with van der Waals surface area (Å²) < 4.78 is 11.3.